The number of pyridine rings is 2. The van der Waals surface area contributed by atoms with Gasteiger partial charge in [-0.15, -0.1) is 5.10 Å². The summed E-state index contributed by atoms with van der Waals surface area (Å²) in [4.78, 5) is 47.7. The highest BCUT2D eigenvalue weighted by molar-refractivity contribution is 6.59. The second-order valence-corrected chi connectivity index (χ2v) is 14.4. The van der Waals surface area contributed by atoms with Crippen LogP contribution in [0.5, 0.6) is 11.5 Å². The minimum absolute atomic E-state index is 0.229. The van der Waals surface area contributed by atoms with Crippen LogP contribution in [0.3, 0.4) is 0 Å². The van der Waals surface area contributed by atoms with Crippen LogP contribution in [-0.2, 0) is 13.0 Å². The van der Waals surface area contributed by atoms with Crippen LogP contribution in [0.25, 0.3) is 27.4 Å². The molecule has 0 saturated carbocycles. The number of H-pyrrole nitrogens is 1. The number of aromatic amines is 1. The van der Waals surface area contributed by atoms with Crippen molar-refractivity contribution < 1.29 is 42.4 Å². The Morgan fingerprint density at radius 3 is 2.47 bits per heavy atom. The molecule has 2 aliphatic heterocycles. The number of nitrogens with zero attached hydrogens (tertiary/aromatic N) is 7. The van der Waals surface area contributed by atoms with Crippen LogP contribution in [0.2, 0.25) is 0 Å². The summed E-state index contributed by atoms with van der Waals surface area (Å²) in [6, 6.07) is 12.9. The van der Waals surface area contributed by atoms with Crippen molar-refractivity contribution in [3.63, 3.8) is 0 Å². The number of carboxylic acid groups (broad SMARTS) is 2. The molecule has 2 aliphatic rings. The van der Waals surface area contributed by atoms with Crippen molar-refractivity contribution in [1.82, 2.24) is 29.4 Å². The quantitative estimate of drug-likeness (QED) is 0.0735. The van der Waals surface area contributed by atoms with E-state index in [0.29, 0.717) is 71.8 Å². The standard InChI is InChI=1S/C40H37BF2N8O7/c1-21-15-23(3)51-37(21)34(38-44-22(2)19-50(38)41(51,42)43)25-8-10-27(11-9-25)57-14-12-49-20-26(47-48-49)7-5-6-13-58-33-18-31(40(55)56)46-36-24(4)35-28(16-29(33)36)32(52)17-30(45-35)39(53)54/h8-11,15-20H,5-7,12-14H2,1-4H3,(H,45,52)(H,53,54)(H,55,56). The zero-order chi connectivity index (χ0) is 41.0. The van der Waals surface area contributed by atoms with Crippen molar-refractivity contribution in [2.24, 2.45) is 4.99 Å². The second kappa shape index (κ2) is 14.5. The number of halogens is 2. The molecule has 18 heteroatoms. The van der Waals surface area contributed by atoms with E-state index in [9.17, 15) is 24.6 Å². The lowest BCUT2D eigenvalue weighted by molar-refractivity contribution is -0.362. The predicted molar refractivity (Wildman–Crippen MR) is 212 cm³/mol. The van der Waals surface area contributed by atoms with Gasteiger partial charge in [-0.3, -0.25) is 4.79 Å². The van der Waals surface area contributed by atoms with E-state index in [2.05, 4.69) is 25.3 Å². The molecule has 0 radical (unpaired) electrons. The number of rotatable bonds is 13. The molecule has 6 heterocycles. The van der Waals surface area contributed by atoms with E-state index in [0.717, 1.165) is 31.9 Å². The fourth-order valence-electron chi connectivity index (χ4n) is 7.67. The molecular formula is C40H37BF2N8O7. The number of hydrogen-bond donors (Lipinski definition) is 3. The van der Waals surface area contributed by atoms with Crippen molar-refractivity contribution in [1.29, 1.82) is 0 Å². The normalized spacial score (nSPS) is 14.4. The number of carbonyl (C=O) groups is 2. The molecule has 0 unspecified atom stereocenters. The first kappa shape index (κ1) is 37.9. The van der Waals surface area contributed by atoms with Crippen molar-refractivity contribution >= 4 is 58.2 Å². The molecule has 296 valence electrons. The number of aryl methyl sites for hydroxylation is 4. The lowest BCUT2D eigenvalue weighted by Crippen LogP contribution is -2.50. The molecular weight excluding hydrogens is 753 g/mol. The van der Waals surface area contributed by atoms with Crippen molar-refractivity contribution in [3.8, 4) is 11.5 Å². The van der Waals surface area contributed by atoms with Gasteiger partial charge in [-0.1, -0.05) is 17.3 Å². The highest BCUT2D eigenvalue weighted by atomic mass is 19.2. The summed E-state index contributed by atoms with van der Waals surface area (Å²) < 4.78 is 47.2. The van der Waals surface area contributed by atoms with Gasteiger partial charge < -0.3 is 42.3 Å². The maximum atomic E-state index is 15.7. The van der Waals surface area contributed by atoms with Crippen LogP contribution < -0.4 is 14.9 Å². The first-order chi connectivity index (χ1) is 27.7. The summed E-state index contributed by atoms with van der Waals surface area (Å²) in [5, 5.41) is 28.3. The van der Waals surface area contributed by atoms with E-state index in [1.807, 2.05) is 37.4 Å². The van der Waals surface area contributed by atoms with Gasteiger partial charge in [0.15, 0.2) is 16.8 Å². The number of nitrogens with one attached hydrogen (secondary N) is 1. The Morgan fingerprint density at radius 2 is 1.72 bits per heavy atom. The molecule has 58 heavy (non-hydrogen) atoms. The van der Waals surface area contributed by atoms with Gasteiger partial charge >= 0.3 is 18.9 Å². The van der Waals surface area contributed by atoms with Crippen molar-refractivity contribution in [2.45, 2.75) is 53.5 Å². The maximum Gasteiger partial charge on any atom is 0.639 e. The zero-order valence-electron chi connectivity index (χ0n) is 31.9. The molecule has 0 aliphatic carbocycles. The van der Waals surface area contributed by atoms with Crippen LogP contribution in [0.1, 0.15) is 74.5 Å². The third kappa shape index (κ3) is 6.69. The smallest absolute Gasteiger partial charge is 0.493 e. The van der Waals surface area contributed by atoms with Gasteiger partial charge in [0.2, 0.25) is 0 Å². The summed E-state index contributed by atoms with van der Waals surface area (Å²) in [6.45, 7) is 3.77. The SMILES string of the molecule is CC1=NC2=C(c3ccc(OCCn4cc(CCCCOc5cc(C(=O)O)nc6c(C)c7[nH]c(C(=O)O)cc(=O)c7cc56)nn4)cc3)c3c(C)cc(C)n3[B-](F)(F)[N+]2=C1. The third-order valence-corrected chi connectivity index (χ3v) is 10.3. The van der Waals surface area contributed by atoms with Gasteiger partial charge in [-0.25, -0.2) is 19.3 Å². The van der Waals surface area contributed by atoms with Gasteiger partial charge in [0.1, 0.15) is 23.8 Å². The molecule has 8 rings (SSSR count). The molecule has 0 fully saturated rings. The monoisotopic (exact) mass is 790 g/mol. The Labute approximate surface area is 328 Å². The third-order valence-electron chi connectivity index (χ3n) is 10.3. The Balaban J connectivity index is 0.872. The lowest BCUT2D eigenvalue weighted by Gasteiger charge is -2.34. The molecule has 0 atom stereocenters. The Hall–Kier alpha value is -6.98. The van der Waals surface area contributed by atoms with Crippen LogP contribution in [-0.4, -0.2) is 88.2 Å². The maximum absolute atomic E-state index is 15.7. The number of ether oxygens (including phenoxy) is 2. The summed E-state index contributed by atoms with van der Waals surface area (Å²) >= 11 is 0. The first-order valence-corrected chi connectivity index (χ1v) is 18.6. The molecule has 0 bridgehead atoms. The fraction of sp³-hybridized carbons (Fsp3) is 0.250. The minimum Gasteiger partial charge on any atom is -0.493 e. The van der Waals surface area contributed by atoms with E-state index in [4.69, 9.17) is 9.47 Å². The van der Waals surface area contributed by atoms with Crippen molar-refractivity contribution in [3.05, 3.63) is 116 Å². The van der Waals surface area contributed by atoms with E-state index in [-0.39, 0.29) is 46.0 Å². The van der Waals surface area contributed by atoms with Crippen LogP contribution in [0.4, 0.5) is 8.63 Å². The number of unbranched alkanes of at least 4 members (excludes halogenated alkanes) is 1. The average Bonchev–Trinajstić information content (AvgIpc) is 3.89. The van der Waals surface area contributed by atoms with E-state index < -0.39 is 24.3 Å². The Bertz CT molecular complexity index is 2860. The molecule has 15 nitrogen and oxygen atoms in total. The zero-order valence-corrected chi connectivity index (χ0v) is 31.9. The molecule has 3 N–H and O–H groups in total. The topological polar surface area (TPSA) is 190 Å². The number of carboxylic acids is 2. The number of hydrogen-bond acceptors (Lipinski definition) is 9. The Morgan fingerprint density at radius 1 is 0.948 bits per heavy atom. The number of aromatic carboxylic acids is 2. The largest absolute Gasteiger partial charge is 0.639 e. The number of aliphatic imine (C=N–C) groups is 1. The van der Waals surface area contributed by atoms with Gasteiger partial charge in [-0.2, -0.15) is 0 Å². The summed E-state index contributed by atoms with van der Waals surface area (Å²) in [7, 11) is 0. The molecule has 0 spiro atoms. The van der Waals surface area contributed by atoms with Gasteiger partial charge in [0.05, 0.1) is 41.7 Å². The molecule has 4 aromatic heterocycles. The molecule has 0 amide bonds. The molecule has 2 aromatic carbocycles. The average molecular weight is 791 g/mol. The van der Waals surface area contributed by atoms with E-state index in [1.165, 1.54) is 18.3 Å². The van der Waals surface area contributed by atoms with Gasteiger partial charge in [0.25, 0.3) is 5.82 Å². The van der Waals surface area contributed by atoms with Crippen LogP contribution >= 0.6 is 0 Å². The lowest BCUT2D eigenvalue weighted by atomic mass is 9.87. The minimum atomic E-state index is -4.08. The number of benzene rings is 2. The van der Waals surface area contributed by atoms with Crippen molar-refractivity contribution in [2.75, 3.05) is 13.2 Å². The van der Waals surface area contributed by atoms with E-state index >= 15 is 8.63 Å². The van der Waals surface area contributed by atoms with E-state index in [1.54, 1.807) is 31.5 Å². The van der Waals surface area contributed by atoms with Crippen LogP contribution in [0.15, 0.2) is 70.3 Å². The summed E-state index contributed by atoms with van der Waals surface area (Å²) in [6.07, 6.45) is 5.14. The fourth-order valence-corrected chi connectivity index (χ4v) is 7.67. The highest BCUT2D eigenvalue weighted by Gasteiger charge is 2.50. The summed E-state index contributed by atoms with van der Waals surface area (Å²) in [5.74, 6) is -1.47. The van der Waals surface area contributed by atoms with Gasteiger partial charge in [-0.05, 0) is 91.7 Å². The number of fused-ring (bicyclic) bond motifs is 4. The number of aromatic nitrogens is 6. The first-order valence-electron chi connectivity index (χ1n) is 18.6. The molecule has 6 aromatic rings. The summed E-state index contributed by atoms with van der Waals surface area (Å²) in [5.41, 5.74) is 4.27. The van der Waals surface area contributed by atoms with Crippen LogP contribution in [0, 0.1) is 20.8 Å². The second-order valence-electron chi connectivity index (χ2n) is 14.4. The van der Waals surface area contributed by atoms with Gasteiger partial charge in [0, 0.05) is 41.7 Å². The molecule has 0 saturated heterocycles. The highest BCUT2D eigenvalue weighted by Crippen LogP contribution is 2.42. The predicted octanol–water partition coefficient (Wildman–Crippen LogP) is 5.78. The Kier molecular flexibility index (Phi) is 9.49.